The maximum absolute atomic E-state index is 12.6. The van der Waals surface area contributed by atoms with Crippen LogP contribution in [-0.4, -0.2) is 42.3 Å². The molecule has 0 radical (unpaired) electrons. The second kappa shape index (κ2) is 7.24. The number of rotatable bonds is 2. The van der Waals surface area contributed by atoms with Crippen LogP contribution in [0.15, 0.2) is 58.0 Å². The van der Waals surface area contributed by atoms with Gasteiger partial charge in [0.05, 0.1) is 28.3 Å². The maximum Gasteiger partial charge on any atom is 0.279 e. The molecule has 5 nitrogen and oxygen atoms in total. The monoisotopic (exact) mass is 484 g/mol. The van der Waals surface area contributed by atoms with Crippen LogP contribution in [0.5, 0.6) is 0 Å². The number of carbonyl (C=O) groups is 1. The van der Waals surface area contributed by atoms with E-state index in [1.165, 1.54) is 11.8 Å². The maximum atomic E-state index is 12.6. The van der Waals surface area contributed by atoms with Crippen LogP contribution in [0.3, 0.4) is 0 Å². The predicted octanol–water partition coefficient (Wildman–Crippen LogP) is 4.02. The molecule has 0 unspecified atom stereocenters. The molecule has 2 aliphatic heterocycles. The van der Waals surface area contributed by atoms with Crippen LogP contribution in [0.1, 0.15) is 10.4 Å². The summed E-state index contributed by atoms with van der Waals surface area (Å²) >= 11 is 11.1. The number of carbonyl (C=O) groups excluding carboxylic acids is 1. The fourth-order valence-electron chi connectivity index (χ4n) is 3.25. The molecule has 2 atom stereocenters. The Morgan fingerprint density at radius 2 is 1.93 bits per heavy atom. The van der Waals surface area contributed by atoms with E-state index < -0.39 is 9.84 Å². The van der Waals surface area contributed by atoms with Gasteiger partial charge in [-0.05, 0) is 30.3 Å². The van der Waals surface area contributed by atoms with Crippen molar-refractivity contribution in [1.29, 1.82) is 0 Å². The highest BCUT2D eigenvalue weighted by Crippen LogP contribution is 2.43. The van der Waals surface area contributed by atoms with Crippen molar-refractivity contribution in [3.8, 4) is 0 Å². The van der Waals surface area contributed by atoms with Crippen LogP contribution in [0.2, 0.25) is 5.02 Å². The number of amides is 1. The van der Waals surface area contributed by atoms with E-state index in [9.17, 15) is 13.2 Å². The minimum atomic E-state index is -3.13. The highest BCUT2D eigenvalue weighted by molar-refractivity contribution is 9.10. The zero-order chi connectivity index (χ0) is 19.2. The van der Waals surface area contributed by atoms with Crippen molar-refractivity contribution in [3.63, 3.8) is 0 Å². The number of benzene rings is 2. The summed E-state index contributed by atoms with van der Waals surface area (Å²) in [6.07, 6.45) is 0. The molecule has 2 saturated heterocycles. The number of fused-ring (bicyclic) bond motifs is 1. The van der Waals surface area contributed by atoms with Gasteiger partial charge < -0.3 is 4.90 Å². The SMILES string of the molecule is O=C(N=C1S[C@H]2CS(=O)(=O)C[C@@H]2N1c1ccc(Br)cc1Cl)c1ccccc1. The van der Waals surface area contributed by atoms with Gasteiger partial charge in [0.25, 0.3) is 5.91 Å². The molecule has 0 saturated carbocycles. The number of halogens is 2. The summed E-state index contributed by atoms with van der Waals surface area (Å²) in [5.41, 5.74) is 1.13. The Labute approximate surface area is 174 Å². The molecule has 2 aliphatic rings. The molecule has 0 N–H and O–H groups in total. The first kappa shape index (κ1) is 19.0. The Balaban J connectivity index is 1.76. The summed E-state index contributed by atoms with van der Waals surface area (Å²) < 4.78 is 25.1. The van der Waals surface area contributed by atoms with E-state index in [1.807, 2.05) is 18.2 Å². The molecular formula is C18H14BrClN2O3S2. The quantitative estimate of drug-likeness (QED) is 0.643. The van der Waals surface area contributed by atoms with Gasteiger partial charge in [-0.1, -0.05) is 57.5 Å². The lowest BCUT2D eigenvalue weighted by atomic mass is 10.2. The average Bonchev–Trinajstić information content (AvgIpc) is 3.07. The first-order valence-corrected chi connectivity index (χ1v) is 12.0. The van der Waals surface area contributed by atoms with Gasteiger partial charge in [0.1, 0.15) is 0 Å². The standard InChI is InChI=1S/C18H14BrClN2O3S2/c19-12-6-7-14(13(20)8-12)22-15-9-27(24,25)10-16(15)26-18(22)21-17(23)11-4-2-1-3-5-11/h1-8,15-16H,9-10H2/t15-,16-/m0/s1. The van der Waals surface area contributed by atoms with Gasteiger partial charge in [0, 0.05) is 15.3 Å². The summed E-state index contributed by atoms with van der Waals surface area (Å²) in [6.45, 7) is 0. The summed E-state index contributed by atoms with van der Waals surface area (Å²) in [4.78, 5) is 18.7. The van der Waals surface area contributed by atoms with E-state index in [4.69, 9.17) is 11.6 Å². The van der Waals surface area contributed by atoms with E-state index >= 15 is 0 Å². The Morgan fingerprint density at radius 1 is 1.19 bits per heavy atom. The second-order valence-corrected chi connectivity index (χ2v) is 11.0. The molecule has 1 amide bonds. The van der Waals surface area contributed by atoms with Crippen molar-refractivity contribution in [1.82, 2.24) is 0 Å². The van der Waals surface area contributed by atoms with Crippen molar-refractivity contribution in [2.45, 2.75) is 11.3 Å². The van der Waals surface area contributed by atoms with E-state index in [-0.39, 0.29) is 28.7 Å². The topological polar surface area (TPSA) is 66.8 Å². The lowest BCUT2D eigenvalue weighted by Gasteiger charge is -2.25. The van der Waals surface area contributed by atoms with E-state index in [0.29, 0.717) is 21.4 Å². The molecule has 2 heterocycles. The first-order valence-electron chi connectivity index (χ1n) is 8.13. The number of aliphatic imine (C=N–C) groups is 1. The fraction of sp³-hybridized carbons (Fsp3) is 0.222. The molecular weight excluding hydrogens is 472 g/mol. The lowest BCUT2D eigenvalue weighted by Crippen LogP contribution is -2.37. The molecule has 0 spiro atoms. The Bertz CT molecular complexity index is 1040. The number of hydrogen-bond acceptors (Lipinski definition) is 4. The zero-order valence-electron chi connectivity index (χ0n) is 13.9. The highest BCUT2D eigenvalue weighted by Gasteiger charge is 2.49. The molecule has 0 aromatic heterocycles. The van der Waals surface area contributed by atoms with Crippen LogP contribution >= 0.6 is 39.3 Å². The van der Waals surface area contributed by atoms with Gasteiger partial charge in [-0.3, -0.25) is 4.79 Å². The lowest BCUT2D eigenvalue weighted by molar-refractivity contribution is 0.100. The predicted molar refractivity (Wildman–Crippen MR) is 114 cm³/mol. The Morgan fingerprint density at radius 3 is 2.63 bits per heavy atom. The average molecular weight is 486 g/mol. The smallest absolute Gasteiger partial charge is 0.279 e. The van der Waals surface area contributed by atoms with Crippen molar-refractivity contribution < 1.29 is 13.2 Å². The molecule has 9 heteroatoms. The number of nitrogens with zero attached hydrogens (tertiary/aromatic N) is 2. The number of amidine groups is 1. The molecule has 2 aromatic rings. The summed E-state index contributed by atoms with van der Waals surface area (Å²) in [7, 11) is -3.13. The van der Waals surface area contributed by atoms with Gasteiger partial charge in [0.2, 0.25) is 0 Å². The van der Waals surface area contributed by atoms with Gasteiger partial charge in [-0.15, -0.1) is 0 Å². The number of anilines is 1. The minimum Gasteiger partial charge on any atom is -0.314 e. The van der Waals surface area contributed by atoms with Crippen LogP contribution in [0.4, 0.5) is 5.69 Å². The summed E-state index contributed by atoms with van der Waals surface area (Å²) in [6, 6.07) is 13.9. The molecule has 27 heavy (non-hydrogen) atoms. The van der Waals surface area contributed by atoms with Crippen LogP contribution in [0.25, 0.3) is 0 Å². The molecule has 2 fully saturated rings. The molecule has 2 aromatic carbocycles. The van der Waals surface area contributed by atoms with Gasteiger partial charge in [0.15, 0.2) is 15.0 Å². The second-order valence-electron chi connectivity index (χ2n) is 6.33. The van der Waals surface area contributed by atoms with Crippen molar-refractivity contribution >= 4 is 65.9 Å². The number of thioether (sulfide) groups is 1. The first-order chi connectivity index (χ1) is 12.8. The van der Waals surface area contributed by atoms with Crippen molar-refractivity contribution in [2.75, 3.05) is 16.4 Å². The van der Waals surface area contributed by atoms with E-state index in [0.717, 1.165) is 4.47 Å². The number of hydrogen-bond donors (Lipinski definition) is 0. The summed E-state index contributed by atoms with van der Waals surface area (Å²) in [5, 5.41) is 0.782. The van der Waals surface area contributed by atoms with Gasteiger partial charge in [-0.2, -0.15) is 4.99 Å². The van der Waals surface area contributed by atoms with Crippen LogP contribution in [-0.2, 0) is 9.84 Å². The third-order valence-electron chi connectivity index (χ3n) is 4.45. The molecule has 0 bridgehead atoms. The normalized spacial score (nSPS) is 25.0. The van der Waals surface area contributed by atoms with Crippen molar-refractivity contribution in [3.05, 3.63) is 63.6 Å². The number of sulfone groups is 1. The molecule has 4 rings (SSSR count). The third kappa shape index (κ3) is 3.81. The third-order valence-corrected chi connectivity index (χ3v) is 8.46. The van der Waals surface area contributed by atoms with Crippen molar-refractivity contribution in [2.24, 2.45) is 4.99 Å². The largest absolute Gasteiger partial charge is 0.314 e. The highest BCUT2D eigenvalue weighted by atomic mass is 79.9. The Kier molecular flexibility index (Phi) is 5.09. The Hall–Kier alpha value is -1.35. The molecule has 140 valence electrons. The van der Waals surface area contributed by atoms with Crippen LogP contribution in [0, 0.1) is 0 Å². The summed E-state index contributed by atoms with van der Waals surface area (Å²) in [5.74, 6) is -0.264. The van der Waals surface area contributed by atoms with E-state index in [1.54, 1.807) is 35.2 Å². The fourth-order valence-corrected chi connectivity index (χ4v) is 7.92. The van der Waals surface area contributed by atoms with Crippen LogP contribution < -0.4 is 4.90 Å². The van der Waals surface area contributed by atoms with Gasteiger partial charge in [-0.25, -0.2) is 8.42 Å². The minimum absolute atomic E-state index is 0.0234. The zero-order valence-corrected chi connectivity index (χ0v) is 17.9. The van der Waals surface area contributed by atoms with E-state index in [2.05, 4.69) is 20.9 Å². The van der Waals surface area contributed by atoms with Gasteiger partial charge >= 0.3 is 0 Å². The molecule has 0 aliphatic carbocycles.